The zero-order valence-electron chi connectivity index (χ0n) is 10.6. The molecule has 0 aromatic carbocycles. The highest BCUT2D eigenvalue weighted by atomic mass is 79.9. The van der Waals surface area contributed by atoms with Crippen LogP contribution in [0.4, 0.5) is 5.69 Å². The molecule has 19 heavy (non-hydrogen) atoms. The first kappa shape index (κ1) is 14.0. The summed E-state index contributed by atoms with van der Waals surface area (Å²) in [6.45, 7) is 2.51. The van der Waals surface area contributed by atoms with Gasteiger partial charge < -0.3 is 10.0 Å². The Balaban J connectivity index is 2.29. The predicted octanol–water partition coefficient (Wildman–Crippen LogP) is 3.55. The van der Waals surface area contributed by atoms with Gasteiger partial charge in [-0.1, -0.05) is 0 Å². The van der Waals surface area contributed by atoms with Gasteiger partial charge in [-0.3, -0.25) is 4.98 Å². The second kappa shape index (κ2) is 5.71. The summed E-state index contributed by atoms with van der Waals surface area (Å²) in [5.41, 5.74) is 2.85. The molecule has 0 aliphatic carbocycles. The third-order valence-corrected chi connectivity index (χ3v) is 4.26. The molecule has 0 bridgehead atoms. The fourth-order valence-electron chi connectivity index (χ4n) is 1.81. The second-order valence-electron chi connectivity index (χ2n) is 4.26. The van der Waals surface area contributed by atoms with Gasteiger partial charge in [0, 0.05) is 25.5 Å². The third-order valence-electron chi connectivity index (χ3n) is 2.70. The third kappa shape index (κ3) is 3.33. The van der Waals surface area contributed by atoms with Gasteiger partial charge in [-0.15, -0.1) is 11.3 Å². The zero-order chi connectivity index (χ0) is 14.0. The highest BCUT2D eigenvalue weighted by molar-refractivity contribution is 9.11. The van der Waals surface area contributed by atoms with E-state index in [9.17, 15) is 9.90 Å². The quantitative estimate of drug-likeness (QED) is 0.924. The number of aromatic carboxylic acids is 1. The summed E-state index contributed by atoms with van der Waals surface area (Å²) in [5.74, 6) is -0.958. The van der Waals surface area contributed by atoms with Crippen LogP contribution >= 0.6 is 27.3 Å². The number of anilines is 1. The average Bonchev–Trinajstić information content (AvgIpc) is 2.74. The number of halogens is 1. The average molecular weight is 341 g/mol. The monoisotopic (exact) mass is 340 g/mol. The Morgan fingerprint density at radius 1 is 1.53 bits per heavy atom. The summed E-state index contributed by atoms with van der Waals surface area (Å²) in [6.07, 6.45) is 1.41. The first-order valence-electron chi connectivity index (χ1n) is 5.61. The van der Waals surface area contributed by atoms with E-state index in [-0.39, 0.29) is 5.56 Å². The van der Waals surface area contributed by atoms with Crippen LogP contribution in [0.5, 0.6) is 0 Å². The number of carbonyl (C=O) groups is 1. The summed E-state index contributed by atoms with van der Waals surface area (Å²) < 4.78 is 1.07. The van der Waals surface area contributed by atoms with Crippen molar-refractivity contribution in [1.82, 2.24) is 4.98 Å². The molecule has 0 atom stereocenters. The van der Waals surface area contributed by atoms with Gasteiger partial charge in [-0.2, -0.15) is 0 Å². The van der Waals surface area contributed by atoms with E-state index in [4.69, 9.17) is 0 Å². The maximum absolute atomic E-state index is 11.2. The molecule has 1 N–H and O–H groups in total. The molecule has 4 nitrogen and oxygen atoms in total. The summed E-state index contributed by atoms with van der Waals surface area (Å²) in [6, 6.07) is 3.83. The number of carboxylic acids is 1. The molecule has 0 aliphatic heterocycles. The smallest absolute Gasteiger partial charge is 0.339 e. The molecular weight excluding hydrogens is 328 g/mol. The van der Waals surface area contributed by atoms with E-state index >= 15 is 0 Å². The Labute approximate surface area is 123 Å². The van der Waals surface area contributed by atoms with Crippen molar-refractivity contribution in [3.05, 3.63) is 44.3 Å². The van der Waals surface area contributed by atoms with E-state index < -0.39 is 5.97 Å². The van der Waals surface area contributed by atoms with Crippen molar-refractivity contribution in [2.75, 3.05) is 11.9 Å². The molecule has 6 heteroatoms. The molecule has 100 valence electrons. The zero-order valence-corrected chi connectivity index (χ0v) is 13.0. The topological polar surface area (TPSA) is 53.4 Å². The first-order valence-corrected chi connectivity index (χ1v) is 7.28. The number of hydrogen-bond acceptors (Lipinski definition) is 4. The molecule has 0 saturated carbocycles. The van der Waals surface area contributed by atoms with Crippen LogP contribution in [0.15, 0.2) is 27.5 Å². The van der Waals surface area contributed by atoms with Gasteiger partial charge in [-0.25, -0.2) is 4.79 Å². The Bertz CT molecular complexity index is 612. The van der Waals surface area contributed by atoms with E-state index in [0.717, 1.165) is 15.0 Å². The van der Waals surface area contributed by atoms with Crippen molar-refractivity contribution in [3.8, 4) is 0 Å². The lowest BCUT2D eigenvalue weighted by molar-refractivity contribution is 0.0697. The molecule has 0 fully saturated rings. The van der Waals surface area contributed by atoms with E-state index in [1.807, 2.05) is 24.9 Å². The molecule has 2 aromatic rings. The molecule has 0 unspecified atom stereocenters. The number of rotatable bonds is 4. The van der Waals surface area contributed by atoms with Crippen molar-refractivity contribution >= 4 is 38.9 Å². The minimum absolute atomic E-state index is 0.224. The molecule has 0 amide bonds. The van der Waals surface area contributed by atoms with E-state index in [1.54, 1.807) is 17.4 Å². The molecule has 0 saturated heterocycles. The number of hydrogen-bond donors (Lipinski definition) is 1. The van der Waals surface area contributed by atoms with Gasteiger partial charge in [0.05, 0.1) is 9.47 Å². The highest BCUT2D eigenvalue weighted by Crippen LogP contribution is 2.25. The van der Waals surface area contributed by atoms with E-state index in [0.29, 0.717) is 12.2 Å². The number of carboxylic acid groups (broad SMARTS) is 1. The lowest BCUT2D eigenvalue weighted by atomic mass is 10.2. The lowest BCUT2D eigenvalue weighted by Crippen LogP contribution is -2.19. The van der Waals surface area contributed by atoms with Crippen molar-refractivity contribution in [1.29, 1.82) is 0 Å². The van der Waals surface area contributed by atoms with Gasteiger partial charge in [0.2, 0.25) is 0 Å². The summed E-state index contributed by atoms with van der Waals surface area (Å²) >= 11 is 5.04. The maximum Gasteiger partial charge on any atom is 0.339 e. The standard InChI is InChI=1S/C13H13BrN2O2S/c1-8-3-11(10(5-15-8)13(17)18)16(2)6-9-4-12(14)19-7-9/h3-5,7H,6H2,1-2H3,(H,17,18). The van der Waals surface area contributed by atoms with Crippen LogP contribution in [0.1, 0.15) is 21.6 Å². The van der Waals surface area contributed by atoms with Crippen LogP contribution in [0.2, 0.25) is 0 Å². The Morgan fingerprint density at radius 3 is 2.84 bits per heavy atom. The van der Waals surface area contributed by atoms with Crippen LogP contribution < -0.4 is 4.90 Å². The Morgan fingerprint density at radius 2 is 2.26 bits per heavy atom. The van der Waals surface area contributed by atoms with E-state index in [1.165, 1.54) is 6.20 Å². The summed E-state index contributed by atoms with van der Waals surface area (Å²) in [7, 11) is 1.88. The van der Waals surface area contributed by atoms with Crippen LogP contribution in [-0.2, 0) is 6.54 Å². The second-order valence-corrected chi connectivity index (χ2v) is 6.55. The van der Waals surface area contributed by atoms with Crippen molar-refractivity contribution in [3.63, 3.8) is 0 Å². The highest BCUT2D eigenvalue weighted by Gasteiger charge is 2.15. The minimum atomic E-state index is -0.958. The predicted molar refractivity (Wildman–Crippen MR) is 80.1 cm³/mol. The number of pyridine rings is 1. The van der Waals surface area contributed by atoms with Gasteiger partial charge in [0.25, 0.3) is 0 Å². The fourth-order valence-corrected chi connectivity index (χ4v) is 3.01. The molecule has 2 heterocycles. The maximum atomic E-state index is 11.2. The number of aryl methyl sites for hydroxylation is 1. The summed E-state index contributed by atoms with van der Waals surface area (Å²) in [4.78, 5) is 17.2. The number of nitrogens with zero attached hydrogens (tertiary/aromatic N) is 2. The molecule has 2 aromatic heterocycles. The van der Waals surface area contributed by atoms with Gasteiger partial charge in [-0.05, 0) is 45.9 Å². The van der Waals surface area contributed by atoms with Crippen LogP contribution in [0.3, 0.4) is 0 Å². The summed E-state index contributed by atoms with van der Waals surface area (Å²) in [5, 5.41) is 11.3. The van der Waals surface area contributed by atoms with Crippen LogP contribution in [0, 0.1) is 6.92 Å². The number of aromatic nitrogens is 1. The van der Waals surface area contributed by atoms with Crippen molar-refractivity contribution in [2.24, 2.45) is 0 Å². The van der Waals surface area contributed by atoms with Crippen molar-refractivity contribution < 1.29 is 9.90 Å². The SMILES string of the molecule is Cc1cc(N(C)Cc2csc(Br)c2)c(C(=O)O)cn1. The van der Waals surface area contributed by atoms with Crippen LogP contribution in [-0.4, -0.2) is 23.1 Å². The Kier molecular flexibility index (Phi) is 4.21. The molecule has 0 radical (unpaired) electrons. The molecular formula is C13H13BrN2O2S. The first-order chi connectivity index (χ1) is 8.97. The Hall–Kier alpha value is -1.40. The largest absolute Gasteiger partial charge is 0.478 e. The normalized spacial score (nSPS) is 10.5. The van der Waals surface area contributed by atoms with Gasteiger partial charge >= 0.3 is 5.97 Å². The molecule has 2 rings (SSSR count). The number of thiophene rings is 1. The van der Waals surface area contributed by atoms with Crippen molar-refractivity contribution in [2.45, 2.75) is 13.5 Å². The van der Waals surface area contributed by atoms with Gasteiger partial charge in [0.15, 0.2) is 0 Å². The lowest BCUT2D eigenvalue weighted by Gasteiger charge is -2.20. The fraction of sp³-hybridized carbons (Fsp3) is 0.231. The van der Waals surface area contributed by atoms with Crippen LogP contribution in [0.25, 0.3) is 0 Å². The minimum Gasteiger partial charge on any atom is -0.478 e. The van der Waals surface area contributed by atoms with Gasteiger partial charge in [0.1, 0.15) is 5.56 Å². The van der Waals surface area contributed by atoms with E-state index in [2.05, 4.69) is 26.3 Å². The molecule has 0 spiro atoms. The molecule has 0 aliphatic rings.